The van der Waals surface area contributed by atoms with Crippen LogP contribution in [-0.2, 0) is 0 Å². The van der Waals surface area contributed by atoms with Crippen molar-refractivity contribution in [2.24, 2.45) is 0 Å². The molecule has 88 valence electrons. The highest BCUT2D eigenvalue weighted by Crippen LogP contribution is 2.07. The van der Waals surface area contributed by atoms with Crippen LogP contribution in [0, 0.1) is 20.8 Å². The molecule has 2 aromatic heterocycles. The Labute approximate surface area is 102 Å². The molecule has 0 amide bonds. The lowest BCUT2D eigenvalue weighted by atomic mass is 10.2. The molecule has 3 nitrogen and oxygen atoms in total. The summed E-state index contributed by atoms with van der Waals surface area (Å²) < 4.78 is 0. The van der Waals surface area contributed by atoms with E-state index in [1.807, 2.05) is 39.0 Å². The molecule has 0 aromatic carbocycles. The SMILES string of the molecule is C=Cc1nc(C)c(C)nc1C.c1ccncc1. The summed E-state index contributed by atoms with van der Waals surface area (Å²) in [6.45, 7) is 9.51. The van der Waals surface area contributed by atoms with Crippen LogP contribution in [0.4, 0.5) is 0 Å². The monoisotopic (exact) mass is 227 g/mol. The topological polar surface area (TPSA) is 38.7 Å². The van der Waals surface area contributed by atoms with Crippen LogP contribution in [0.1, 0.15) is 22.8 Å². The first-order chi connectivity index (χ1) is 8.15. The van der Waals surface area contributed by atoms with E-state index in [1.54, 1.807) is 18.5 Å². The molecule has 17 heavy (non-hydrogen) atoms. The molecule has 0 aliphatic rings. The zero-order chi connectivity index (χ0) is 12.7. The third kappa shape index (κ3) is 4.15. The van der Waals surface area contributed by atoms with Crippen molar-refractivity contribution in [2.75, 3.05) is 0 Å². The Kier molecular flexibility index (Phi) is 5.01. The van der Waals surface area contributed by atoms with Crippen LogP contribution in [0.15, 0.2) is 37.2 Å². The van der Waals surface area contributed by atoms with Crippen molar-refractivity contribution in [3.05, 3.63) is 59.9 Å². The van der Waals surface area contributed by atoms with E-state index in [2.05, 4.69) is 21.5 Å². The Hall–Kier alpha value is -2.03. The van der Waals surface area contributed by atoms with Gasteiger partial charge in [0.2, 0.25) is 0 Å². The zero-order valence-electron chi connectivity index (χ0n) is 10.5. The normalized spacial score (nSPS) is 9.12. The first-order valence-corrected chi connectivity index (χ1v) is 5.44. The molecular weight excluding hydrogens is 210 g/mol. The highest BCUT2D eigenvalue weighted by molar-refractivity contribution is 5.44. The Morgan fingerprint density at radius 1 is 0.882 bits per heavy atom. The number of nitrogens with zero attached hydrogens (tertiary/aromatic N) is 3. The van der Waals surface area contributed by atoms with Crippen molar-refractivity contribution in [3.8, 4) is 0 Å². The first kappa shape index (κ1) is 13.0. The summed E-state index contributed by atoms with van der Waals surface area (Å²) in [6, 6.07) is 5.72. The number of rotatable bonds is 1. The lowest BCUT2D eigenvalue weighted by Gasteiger charge is -2.02. The molecular formula is C14H17N3. The number of aromatic nitrogens is 3. The molecule has 0 bridgehead atoms. The lowest BCUT2D eigenvalue weighted by molar-refractivity contribution is 0.991. The van der Waals surface area contributed by atoms with Gasteiger partial charge in [0.1, 0.15) is 0 Å². The minimum absolute atomic E-state index is 0.883. The van der Waals surface area contributed by atoms with E-state index in [9.17, 15) is 0 Å². The molecule has 0 fully saturated rings. The zero-order valence-corrected chi connectivity index (χ0v) is 10.5. The van der Waals surface area contributed by atoms with Gasteiger partial charge >= 0.3 is 0 Å². The van der Waals surface area contributed by atoms with E-state index in [0.29, 0.717) is 0 Å². The summed E-state index contributed by atoms with van der Waals surface area (Å²) in [5.41, 5.74) is 3.80. The molecule has 0 N–H and O–H groups in total. The van der Waals surface area contributed by atoms with Crippen LogP contribution < -0.4 is 0 Å². The van der Waals surface area contributed by atoms with Gasteiger partial charge in [-0.3, -0.25) is 9.97 Å². The molecule has 2 rings (SSSR count). The van der Waals surface area contributed by atoms with Gasteiger partial charge in [-0.1, -0.05) is 12.6 Å². The van der Waals surface area contributed by atoms with Crippen molar-refractivity contribution in [1.29, 1.82) is 0 Å². The molecule has 0 atom stereocenters. The fourth-order valence-electron chi connectivity index (χ4n) is 1.24. The van der Waals surface area contributed by atoms with Crippen LogP contribution in [0.3, 0.4) is 0 Å². The molecule has 3 heteroatoms. The smallest absolute Gasteiger partial charge is 0.0839 e. The van der Waals surface area contributed by atoms with Gasteiger partial charge in [0.25, 0.3) is 0 Å². The molecule has 0 saturated carbocycles. The van der Waals surface area contributed by atoms with Gasteiger partial charge in [-0.2, -0.15) is 0 Å². The summed E-state index contributed by atoms with van der Waals surface area (Å²) in [6.07, 6.45) is 5.23. The number of pyridine rings is 1. The fourth-order valence-corrected chi connectivity index (χ4v) is 1.24. The first-order valence-electron chi connectivity index (χ1n) is 5.44. The number of aryl methyl sites for hydroxylation is 3. The van der Waals surface area contributed by atoms with Crippen LogP contribution in [0.2, 0.25) is 0 Å². The molecule has 2 heterocycles. The van der Waals surface area contributed by atoms with Crippen LogP contribution in [0.25, 0.3) is 6.08 Å². The van der Waals surface area contributed by atoms with Crippen molar-refractivity contribution < 1.29 is 0 Å². The molecule has 0 aliphatic heterocycles. The largest absolute Gasteiger partial charge is 0.265 e. The Balaban J connectivity index is 0.000000202. The molecule has 0 unspecified atom stereocenters. The average Bonchev–Trinajstić information content (AvgIpc) is 2.37. The molecule has 0 aliphatic carbocycles. The van der Waals surface area contributed by atoms with E-state index in [-0.39, 0.29) is 0 Å². The maximum absolute atomic E-state index is 4.31. The van der Waals surface area contributed by atoms with Gasteiger partial charge < -0.3 is 0 Å². The predicted molar refractivity (Wildman–Crippen MR) is 70.6 cm³/mol. The predicted octanol–water partition coefficient (Wildman–Crippen LogP) is 3.13. The Morgan fingerprint density at radius 3 is 1.88 bits per heavy atom. The Morgan fingerprint density at radius 2 is 1.47 bits per heavy atom. The molecule has 0 spiro atoms. The third-order valence-electron chi connectivity index (χ3n) is 2.28. The van der Waals surface area contributed by atoms with Crippen molar-refractivity contribution >= 4 is 6.08 Å². The summed E-state index contributed by atoms with van der Waals surface area (Å²) in [4.78, 5) is 12.4. The van der Waals surface area contributed by atoms with Gasteiger partial charge in [0.05, 0.1) is 22.8 Å². The summed E-state index contributed by atoms with van der Waals surface area (Å²) >= 11 is 0. The van der Waals surface area contributed by atoms with Crippen molar-refractivity contribution in [1.82, 2.24) is 15.0 Å². The van der Waals surface area contributed by atoms with E-state index >= 15 is 0 Å². The van der Waals surface area contributed by atoms with Gasteiger partial charge in [-0.05, 0) is 39.0 Å². The average molecular weight is 227 g/mol. The van der Waals surface area contributed by atoms with E-state index in [1.165, 1.54) is 0 Å². The number of hydrogen-bond acceptors (Lipinski definition) is 3. The highest BCUT2D eigenvalue weighted by atomic mass is 14.8. The maximum Gasteiger partial charge on any atom is 0.0839 e. The quantitative estimate of drug-likeness (QED) is 0.751. The van der Waals surface area contributed by atoms with Crippen LogP contribution in [0.5, 0.6) is 0 Å². The number of hydrogen-bond donors (Lipinski definition) is 0. The van der Waals surface area contributed by atoms with Crippen LogP contribution in [-0.4, -0.2) is 15.0 Å². The van der Waals surface area contributed by atoms with E-state index < -0.39 is 0 Å². The molecule has 2 aromatic rings. The molecule has 0 radical (unpaired) electrons. The minimum Gasteiger partial charge on any atom is -0.265 e. The van der Waals surface area contributed by atoms with Crippen molar-refractivity contribution in [3.63, 3.8) is 0 Å². The lowest BCUT2D eigenvalue weighted by Crippen LogP contribution is -1.97. The molecule has 0 saturated heterocycles. The second-order valence-corrected chi connectivity index (χ2v) is 3.59. The summed E-state index contributed by atoms with van der Waals surface area (Å²) in [5, 5.41) is 0. The second kappa shape index (κ2) is 6.53. The van der Waals surface area contributed by atoms with Crippen molar-refractivity contribution in [2.45, 2.75) is 20.8 Å². The van der Waals surface area contributed by atoms with E-state index in [4.69, 9.17) is 0 Å². The van der Waals surface area contributed by atoms with E-state index in [0.717, 1.165) is 22.8 Å². The van der Waals surface area contributed by atoms with Crippen LogP contribution >= 0.6 is 0 Å². The maximum atomic E-state index is 4.31. The highest BCUT2D eigenvalue weighted by Gasteiger charge is 2.00. The summed E-state index contributed by atoms with van der Waals surface area (Å²) in [7, 11) is 0. The van der Waals surface area contributed by atoms with Gasteiger partial charge in [-0.15, -0.1) is 0 Å². The van der Waals surface area contributed by atoms with Gasteiger partial charge in [-0.25, -0.2) is 4.98 Å². The minimum atomic E-state index is 0.883. The Bertz CT molecular complexity index is 452. The standard InChI is InChI=1S/C9H12N2.C5H5N/c1-5-9-8(4)10-6(2)7(3)11-9;1-2-4-6-5-3-1/h5H,1H2,2-4H3;1-5H. The van der Waals surface area contributed by atoms with Gasteiger partial charge in [0, 0.05) is 12.4 Å². The fraction of sp³-hybridized carbons (Fsp3) is 0.214. The second-order valence-electron chi connectivity index (χ2n) is 3.59. The summed E-state index contributed by atoms with van der Waals surface area (Å²) in [5.74, 6) is 0. The third-order valence-corrected chi connectivity index (χ3v) is 2.28. The van der Waals surface area contributed by atoms with Gasteiger partial charge in [0.15, 0.2) is 0 Å².